The maximum Gasteiger partial charge on any atom is 0.247 e. The summed E-state index contributed by atoms with van der Waals surface area (Å²) in [6.45, 7) is 6.67. The molecule has 0 N–H and O–H groups in total. The number of hydrogen-bond donors (Lipinski definition) is 0. The van der Waals surface area contributed by atoms with Crippen LogP contribution in [0.25, 0.3) is 0 Å². The molecule has 0 unspecified atom stereocenters. The van der Waals surface area contributed by atoms with E-state index in [2.05, 4.69) is 93.6 Å². The minimum absolute atomic E-state index is 0.508. The first kappa shape index (κ1) is 15.0. The monoisotopic (exact) mass is 304 g/mol. The van der Waals surface area contributed by atoms with Crippen molar-refractivity contribution in [3.8, 4) is 0 Å². The topological polar surface area (TPSA) is 0 Å². The van der Waals surface area contributed by atoms with Crippen LogP contribution in [-0.2, 0) is 0 Å². The molecule has 3 aromatic rings. The summed E-state index contributed by atoms with van der Waals surface area (Å²) in [5, 5.41) is 4.38. The molecule has 3 aromatic carbocycles. The Bertz CT molecular complexity index is 681. The van der Waals surface area contributed by atoms with Crippen molar-refractivity contribution in [2.75, 3.05) is 0 Å². The number of rotatable bonds is 3. The van der Waals surface area contributed by atoms with Gasteiger partial charge in [0.1, 0.15) is 15.9 Å². The fourth-order valence-corrected chi connectivity index (χ4v) is 5.60. The molecule has 0 aliphatic rings. The van der Waals surface area contributed by atoms with E-state index in [1.165, 1.54) is 32.6 Å². The molecule has 0 saturated heterocycles. The van der Waals surface area contributed by atoms with Crippen LogP contribution in [0, 0.1) is 20.8 Å². The van der Waals surface area contributed by atoms with Crippen molar-refractivity contribution in [1.29, 1.82) is 0 Å². The largest absolute Gasteiger partial charge is 0.247 e. The molecule has 0 aliphatic carbocycles. The third-order valence-electron chi connectivity index (χ3n) is 4.07. The van der Waals surface area contributed by atoms with Gasteiger partial charge in [-0.2, -0.15) is 0 Å². The van der Waals surface area contributed by atoms with Gasteiger partial charge in [-0.15, -0.1) is 0 Å². The second-order valence-electron chi connectivity index (χ2n) is 5.69. The van der Waals surface area contributed by atoms with Gasteiger partial charge in [-0.05, 0) is 55.7 Å². The molecule has 0 amide bonds. The summed E-state index contributed by atoms with van der Waals surface area (Å²) in [7, 11) is -0.508. The lowest BCUT2D eigenvalue weighted by atomic mass is 10.2. The van der Waals surface area contributed by atoms with Crippen LogP contribution in [0.3, 0.4) is 0 Å². The van der Waals surface area contributed by atoms with E-state index in [1.54, 1.807) is 0 Å². The van der Waals surface area contributed by atoms with Crippen LogP contribution in [0.5, 0.6) is 0 Å². The minimum atomic E-state index is -0.508. The van der Waals surface area contributed by atoms with Gasteiger partial charge >= 0.3 is 0 Å². The highest BCUT2D eigenvalue weighted by atomic mass is 31.1. The third-order valence-corrected chi connectivity index (χ3v) is 7.02. The second-order valence-corrected chi connectivity index (χ2v) is 7.81. The summed E-state index contributed by atoms with van der Waals surface area (Å²) in [6, 6.07) is 26.4. The Kier molecular flexibility index (Phi) is 4.41. The zero-order valence-corrected chi connectivity index (χ0v) is 14.3. The summed E-state index contributed by atoms with van der Waals surface area (Å²) in [5.74, 6) is 0. The van der Waals surface area contributed by atoms with E-state index >= 15 is 0 Å². The quantitative estimate of drug-likeness (QED) is 0.630. The summed E-state index contributed by atoms with van der Waals surface area (Å²) in [4.78, 5) is 0. The van der Waals surface area contributed by atoms with Gasteiger partial charge < -0.3 is 0 Å². The van der Waals surface area contributed by atoms with E-state index in [9.17, 15) is 0 Å². The minimum Gasteiger partial charge on any atom is -0.0617 e. The van der Waals surface area contributed by atoms with Crippen LogP contribution in [0.4, 0.5) is 0 Å². The lowest BCUT2D eigenvalue weighted by molar-refractivity contribution is 1.49. The Balaban J connectivity index is 2.27. The molecule has 3 rings (SSSR count). The lowest BCUT2D eigenvalue weighted by Crippen LogP contribution is -2.25. The molecule has 0 atom stereocenters. The Morgan fingerprint density at radius 1 is 0.455 bits per heavy atom. The average Bonchev–Trinajstić information content (AvgIpc) is 2.53. The van der Waals surface area contributed by atoms with E-state index in [-0.39, 0.29) is 0 Å². The van der Waals surface area contributed by atoms with Crippen molar-refractivity contribution < 1.29 is 0 Å². The standard InChI is InChI=1S/C21H21P/c1-16-10-4-7-13-19(16)22(20-14-8-5-11-17(20)2)21-15-9-6-12-18(21)3/h4-15H,1-3H3/q+1. The first-order chi connectivity index (χ1) is 10.7. The SMILES string of the molecule is Cc1ccccc1[P+](c1ccccc1C)c1ccccc1C. The Morgan fingerprint density at radius 2 is 0.727 bits per heavy atom. The molecule has 0 bridgehead atoms. The maximum absolute atomic E-state index is 2.29. The van der Waals surface area contributed by atoms with Crippen molar-refractivity contribution in [3.05, 3.63) is 89.5 Å². The highest BCUT2D eigenvalue weighted by Gasteiger charge is 2.35. The van der Waals surface area contributed by atoms with E-state index in [0.29, 0.717) is 0 Å². The van der Waals surface area contributed by atoms with Gasteiger partial charge in [0.25, 0.3) is 0 Å². The van der Waals surface area contributed by atoms with Gasteiger partial charge in [-0.3, -0.25) is 0 Å². The molecule has 0 spiro atoms. The normalized spacial score (nSPS) is 10.9. The van der Waals surface area contributed by atoms with Crippen molar-refractivity contribution >= 4 is 23.8 Å². The van der Waals surface area contributed by atoms with Crippen molar-refractivity contribution in [1.82, 2.24) is 0 Å². The van der Waals surface area contributed by atoms with E-state index in [1.807, 2.05) is 0 Å². The first-order valence-corrected chi connectivity index (χ1v) is 8.99. The first-order valence-electron chi connectivity index (χ1n) is 7.65. The summed E-state index contributed by atoms with van der Waals surface area (Å²) < 4.78 is 0. The van der Waals surface area contributed by atoms with Gasteiger partial charge in [0.2, 0.25) is 7.92 Å². The van der Waals surface area contributed by atoms with Crippen molar-refractivity contribution in [2.45, 2.75) is 20.8 Å². The molecule has 0 saturated carbocycles. The molecule has 109 valence electrons. The van der Waals surface area contributed by atoms with Gasteiger partial charge in [0.15, 0.2) is 0 Å². The Labute approximate surface area is 134 Å². The van der Waals surface area contributed by atoms with Crippen LogP contribution >= 0.6 is 7.92 Å². The Morgan fingerprint density at radius 3 is 1.00 bits per heavy atom. The molecule has 1 radical (unpaired) electrons. The number of hydrogen-bond acceptors (Lipinski definition) is 0. The predicted molar refractivity (Wildman–Crippen MR) is 99.4 cm³/mol. The van der Waals surface area contributed by atoms with E-state index in [4.69, 9.17) is 0 Å². The van der Waals surface area contributed by atoms with E-state index < -0.39 is 7.92 Å². The van der Waals surface area contributed by atoms with Gasteiger partial charge in [0.05, 0.1) is 0 Å². The molecule has 22 heavy (non-hydrogen) atoms. The smallest absolute Gasteiger partial charge is 0.0617 e. The molecule has 0 aromatic heterocycles. The van der Waals surface area contributed by atoms with Crippen molar-refractivity contribution in [3.63, 3.8) is 0 Å². The zero-order chi connectivity index (χ0) is 15.5. The highest BCUT2D eigenvalue weighted by molar-refractivity contribution is 7.80. The molecule has 0 aliphatic heterocycles. The zero-order valence-electron chi connectivity index (χ0n) is 13.4. The number of benzene rings is 3. The molecule has 0 heterocycles. The lowest BCUT2D eigenvalue weighted by Gasteiger charge is -2.11. The summed E-state index contributed by atoms with van der Waals surface area (Å²) in [6.07, 6.45) is 0. The van der Waals surface area contributed by atoms with Crippen molar-refractivity contribution in [2.24, 2.45) is 0 Å². The predicted octanol–water partition coefficient (Wildman–Crippen LogP) is 4.37. The average molecular weight is 304 g/mol. The van der Waals surface area contributed by atoms with Crippen LogP contribution in [-0.4, -0.2) is 0 Å². The highest BCUT2D eigenvalue weighted by Crippen LogP contribution is 2.36. The summed E-state index contributed by atoms with van der Waals surface area (Å²) >= 11 is 0. The Hall–Kier alpha value is -1.91. The molecular weight excluding hydrogens is 283 g/mol. The maximum atomic E-state index is 2.29. The second kappa shape index (κ2) is 6.46. The molecule has 1 heteroatoms. The van der Waals surface area contributed by atoms with Crippen LogP contribution in [0.15, 0.2) is 72.8 Å². The van der Waals surface area contributed by atoms with Crippen LogP contribution < -0.4 is 15.9 Å². The summed E-state index contributed by atoms with van der Waals surface area (Å²) in [5.41, 5.74) is 4.13. The van der Waals surface area contributed by atoms with Gasteiger partial charge in [0, 0.05) is 0 Å². The fraction of sp³-hybridized carbons (Fsp3) is 0.143. The van der Waals surface area contributed by atoms with Gasteiger partial charge in [-0.25, -0.2) is 0 Å². The number of aryl methyl sites for hydroxylation is 3. The van der Waals surface area contributed by atoms with Crippen LogP contribution in [0.1, 0.15) is 16.7 Å². The third kappa shape index (κ3) is 2.85. The van der Waals surface area contributed by atoms with E-state index in [0.717, 1.165) is 0 Å². The van der Waals surface area contributed by atoms with Crippen LogP contribution in [0.2, 0.25) is 0 Å². The fourth-order valence-electron chi connectivity index (χ4n) is 2.83. The van der Waals surface area contributed by atoms with Gasteiger partial charge in [-0.1, -0.05) is 54.6 Å². The molecule has 0 nitrogen and oxygen atoms in total. The molecular formula is C21H21P+. The molecule has 0 fully saturated rings.